The first kappa shape index (κ1) is 14.4. The van der Waals surface area contributed by atoms with Crippen molar-refractivity contribution >= 4 is 15.7 Å². The Hall–Kier alpha value is -1.67. The zero-order valence-corrected chi connectivity index (χ0v) is 10.9. The van der Waals surface area contributed by atoms with Gasteiger partial charge in [-0.25, -0.2) is 13.6 Å². The number of ether oxygens (including phenoxy) is 1. The molecule has 0 amide bonds. The monoisotopic (exact) mass is 274 g/mol. The number of aryl methyl sites for hydroxylation is 2. The summed E-state index contributed by atoms with van der Waals surface area (Å²) >= 11 is 0. The van der Waals surface area contributed by atoms with Crippen LogP contribution in [0.15, 0.2) is 12.1 Å². The molecule has 0 aliphatic rings. The summed E-state index contributed by atoms with van der Waals surface area (Å²) in [6.45, 7) is 3.15. The molecule has 0 heterocycles. The average Bonchev–Trinajstić information content (AvgIpc) is 2.20. The van der Waals surface area contributed by atoms with Crippen LogP contribution < -0.4 is 9.88 Å². The van der Waals surface area contributed by atoms with Crippen molar-refractivity contribution in [2.75, 3.05) is 12.4 Å². The number of primary sulfonamides is 1. The van der Waals surface area contributed by atoms with Crippen molar-refractivity contribution < 1.29 is 18.1 Å². The Bertz CT molecular complexity index is 568. The molecule has 7 nitrogen and oxygen atoms in total. The van der Waals surface area contributed by atoms with Gasteiger partial charge in [0.25, 0.3) is 5.69 Å². The zero-order valence-electron chi connectivity index (χ0n) is 10.0. The summed E-state index contributed by atoms with van der Waals surface area (Å²) in [6, 6.07) is 2.90. The predicted molar refractivity (Wildman–Crippen MR) is 66.0 cm³/mol. The highest BCUT2D eigenvalue weighted by Crippen LogP contribution is 2.27. The Labute approximate surface area is 105 Å². The van der Waals surface area contributed by atoms with Crippen molar-refractivity contribution in [2.24, 2.45) is 5.14 Å². The molecule has 18 heavy (non-hydrogen) atoms. The van der Waals surface area contributed by atoms with E-state index >= 15 is 0 Å². The minimum absolute atomic E-state index is 0.00583. The SMILES string of the molecule is Cc1cc([N+](=O)[O-])c(C)cc1OCCS(N)(=O)=O. The van der Waals surface area contributed by atoms with Gasteiger partial charge in [0.1, 0.15) is 12.4 Å². The summed E-state index contributed by atoms with van der Waals surface area (Å²) in [6.07, 6.45) is 0. The van der Waals surface area contributed by atoms with Gasteiger partial charge in [-0.05, 0) is 25.5 Å². The molecule has 1 aromatic rings. The van der Waals surface area contributed by atoms with Crippen LogP contribution in [-0.4, -0.2) is 25.7 Å². The Kier molecular flexibility index (Phi) is 4.25. The van der Waals surface area contributed by atoms with Crippen molar-refractivity contribution in [2.45, 2.75) is 13.8 Å². The van der Waals surface area contributed by atoms with Gasteiger partial charge in [-0.2, -0.15) is 0 Å². The Morgan fingerprint density at radius 3 is 2.44 bits per heavy atom. The molecule has 0 spiro atoms. The molecule has 0 bridgehead atoms. The van der Waals surface area contributed by atoms with E-state index in [0.717, 1.165) is 0 Å². The molecule has 0 aromatic heterocycles. The number of rotatable bonds is 5. The van der Waals surface area contributed by atoms with E-state index in [1.165, 1.54) is 12.1 Å². The van der Waals surface area contributed by atoms with Crippen molar-refractivity contribution in [3.8, 4) is 5.75 Å². The lowest BCUT2D eigenvalue weighted by molar-refractivity contribution is -0.385. The smallest absolute Gasteiger partial charge is 0.272 e. The molecule has 0 unspecified atom stereocenters. The molecular formula is C10H14N2O5S. The molecule has 0 saturated carbocycles. The van der Waals surface area contributed by atoms with E-state index in [1.807, 2.05) is 0 Å². The largest absolute Gasteiger partial charge is 0.492 e. The van der Waals surface area contributed by atoms with E-state index in [0.29, 0.717) is 16.9 Å². The predicted octanol–water partition coefficient (Wildman–Crippen LogP) is 0.879. The van der Waals surface area contributed by atoms with Gasteiger partial charge in [-0.1, -0.05) is 0 Å². The Morgan fingerprint density at radius 1 is 1.33 bits per heavy atom. The van der Waals surface area contributed by atoms with Crippen LogP contribution in [-0.2, 0) is 10.0 Å². The summed E-state index contributed by atoms with van der Waals surface area (Å²) in [5, 5.41) is 15.5. The second-order valence-corrected chi connectivity index (χ2v) is 5.61. The van der Waals surface area contributed by atoms with Crippen LogP contribution in [0.1, 0.15) is 11.1 Å². The van der Waals surface area contributed by atoms with Gasteiger partial charge in [-0.3, -0.25) is 10.1 Å². The minimum atomic E-state index is -3.57. The van der Waals surface area contributed by atoms with Gasteiger partial charge >= 0.3 is 0 Å². The summed E-state index contributed by atoms with van der Waals surface area (Å²) in [5.74, 6) is 0.115. The molecule has 1 rings (SSSR count). The van der Waals surface area contributed by atoms with Crippen LogP contribution in [0.5, 0.6) is 5.75 Å². The van der Waals surface area contributed by atoms with Gasteiger partial charge in [-0.15, -0.1) is 0 Å². The van der Waals surface area contributed by atoms with Crippen LogP contribution in [0, 0.1) is 24.0 Å². The van der Waals surface area contributed by atoms with E-state index in [-0.39, 0.29) is 18.0 Å². The minimum Gasteiger partial charge on any atom is -0.492 e. The maximum Gasteiger partial charge on any atom is 0.272 e. The quantitative estimate of drug-likeness (QED) is 0.632. The summed E-state index contributed by atoms with van der Waals surface area (Å²) in [7, 11) is -3.57. The molecule has 8 heteroatoms. The third-order valence-electron chi connectivity index (χ3n) is 2.32. The molecule has 0 saturated heterocycles. The van der Waals surface area contributed by atoms with Crippen LogP contribution in [0.25, 0.3) is 0 Å². The lowest BCUT2D eigenvalue weighted by Crippen LogP contribution is -2.21. The molecule has 1 aromatic carbocycles. The van der Waals surface area contributed by atoms with Gasteiger partial charge in [0.2, 0.25) is 10.0 Å². The Morgan fingerprint density at radius 2 is 1.94 bits per heavy atom. The third kappa shape index (κ3) is 3.97. The van der Waals surface area contributed by atoms with Crippen LogP contribution in [0.2, 0.25) is 0 Å². The average molecular weight is 274 g/mol. The molecule has 0 aliphatic carbocycles. The second-order valence-electron chi connectivity index (χ2n) is 3.88. The number of hydrogen-bond acceptors (Lipinski definition) is 5. The maximum atomic E-state index is 10.7. The van der Waals surface area contributed by atoms with E-state index in [4.69, 9.17) is 9.88 Å². The first-order valence-electron chi connectivity index (χ1n) is 5.09. The van der Waals surface area contributed by atoms with Crippen molar-refractivity contribution in [1.82, 2.24) is 0 Å². The lowest BCUT2D eigenvalue weighted by atomic mass is 10.1. The van der Waals surface area contributed by atoms with E-state index in [2.05, 4.69) is 0 Å². The normalized spacial score (nSPS) is 11.3. The summed E-state index contributed by atoms with van der Waals surface area (Å²) in [5.41, 5.74) is 1.03. The number of nitro benzene ring substituents is 1. The molecule has 0 radical (unpaired) electrons. The fourth-order valence-corrected chi connectivity index (χ4v) is 1.71. The molecule has 0 atom stereocenters. The maximum absolute atomic E-state index is 10.7. The Balaban J connectivity index is 2.85. The topological polar surface area (TPSA) is 113 Å². The highest BCUT2D eigenvalue weighted by atomic mass is 32.2. The summed E-state index contributed by atoms with van der Waals surface area (Å²) < 4.78 is 26.7. The molecular weight excluding hydrogens is 260 g/mol. The zero-order chi connectivity index (χ0) is 13.9. The number of sulfonamides is 1. The fourth-order valence-electron chi connectivity index (χ4n) is 1.39. The van der Waals surface area contributed by atoms with Gasteiger partial charge in [0.05, 0.1) is 10.7 Å². The van der Waals surface area contributed by atoms with Crippen molar-refractivity contribution in [3.05, 3.63) is 33.4 Å². The third-order valence-corrected chi connectivity index (χ3v) is 3.05. The van der Waals surface area contributed by atoms with E-state index < -0.39 is 14.9 Å². The van der Waals surface area contributed by atoms with Crippen LogP contribution in [0.4, 0.5) is 5.69 Å². The van der Waals surface area contributed by atoms with Crippen LogP contribution in [0.3, 0.4) is 0 Å². The molecule has 0 aliphatic heterocycles. The highest BCUT2D eigenvalue weighted by Gasteiger charge is 2.14. The van der Waals surface area contributed by atoms with Crippen molar-refractivity contribution in [3.63, 3.8) is 0 Å². The molecule has 2 N–H and O–H groups in total. The summed E-state index contributed by atoms with van der Waals surface area (Å²) in [4.78, 5) is 10.2. The first-order chi connectivity index (χ1) is 8.20. The number of benzene rings is 1. The fraction of sp³-hybridized carbons (Fsp3) is 0.400. The van der Waals surface area contributed by atoms with Gasteiger partial charge in [0.15, 0.2) is 0 Å². The van der Waals surface area contributed by atoms with Gasteiger partial charge < -0.3 is 4.74 Å². The first-order valence-corrected chi connectivity index (χ1v) is 6.81. The number of nitrogens with zero attached hydrogens (tertiary/aromatic N) is 1. The number of nitro groups is 1. The second kappa shape index (κ2) is 5.32. The van der Waals surface area contributed by atoms with E-state index in [9.17, 15) is 18.5 Å². The molecule has 100 valence electrons. The standard InChI is InChI=1S/C10H14N2O5S/c1-7-6-10(17-3-4-18(11,15)16)8(2)5-9(7)12(13)14/h5-6H,3-4H2,1-2H3,(H2,11,15,16). The number of hydrogen-bond donors (Lipinski definition) is 1. The number of nitrogens with two attached hydrogens (primary N) is 1. The van der Waals surface area contributed by atoms with Crippen molar-refractivity contribution in [1.29, 1.82) is 0 Å². The lowest BCUT2D eigenvalue weighted by Gasteiger charge is -2.09. The van der Waals surface area contributed by atoms with Gasteiger partial charge in [0, 0.05) is 11.6 Å². The van der Waals surface area contributed by atoms with Crippen LogP contribution >= 0.6 is 0 Å². The molecule has 0 fully saturated rings. The highest BCUT2D eigenvalue weighted by molar-refractivity contribution is 7.89. The van der Waals surface area contributed by atoms with E-state index in [1.54, 1.807) is 13.8 Å².